The van der Waals surface area contributed by atoms with Gasteiger partial charge in [-0.2, -0.15) is 4.31 Å². The molecule has 1 fully saturated rings. The Bertz CT molecular complexity index is 981. The van der Waals surface area contributed by atoms with Gasteiger partial charge in [-0.25, -0.2) is 8.42 Å². The first-order valence-corrected chi connectivity index (χ1v) is 11.9. The van der Waals surface area contributed by atoms with Crippen LogP contribution in [0.25, 0.3) is 0 Å². The quantitative estimate of drug-likeness (QED) is 0.719. The highest BCUT2D eigenvalue weighted by Crippen LogP contribution is 2.24. The second-order valence-electron chi connectivity index (χ2n) is 7.64. The molecule has 1 aliphatic heterocycles. The number of ether oxygens (including phenoxy) is 1. The lowest BCUT2D eigenvalue weighted by Gasteiger charge is -2.26. The van der Waals surface area contributed by atoms with Gasteiger partial charge in [0.1, 0.15) is 5.75 Å². The number of nitrogens with zero attached hydrogens (tertiary/aromatic N) is 1. The van der Waals surface area contributed by atoms with E-state index in [1.54, 1.807) is 12.1 Å². The fourth-order valence-corrected chi connectivity index (χ4v) is 5.18. The van der Waals surface area contributed by atoms with Crippen molar-refractivity contribution in [3.63, 3.8) is 0 Å². The topological polar surface area (TPSA) is 75.7 Å². The molecule has 0 aliphatic carbocycles. The number of piperidine rings is 1. The van der Waals surface area contributed by atoms with Crippen LogP contribution in [-0.2, 0) is 10.0 Å². The van der Waals surface area contributed by atoms with Crippen LogP contribution in [-0.4, -0.2) is 38.3 Å². The van der Waals surface area contributed by atoms with E-state index in [1.165, 1.54) is 10.4 Å². The molecule has 0 radical (unpaired) electrons. The summed E-state index contributed by atoms with van der Waals surface area (Å²) in [5, 5.41) is 2.97. The van der Waals surface area contributed by atoms with Gasteiger partial charge in [0.05, 0.1) is 17.5 Å². The van der Waals surface area contributed by atoms with Gasteiger partial charge in [-0.05, 0) is 69.0 Å². The van der Waals surface area contributed by atoms with E-state index >= 15 is 0 Å². The first kappa shape index (κ1) is 22.3. The number of hydrogen-bond donors (Lipinski definition) is 1. The van der Waals surface area contributed by atoms with Crippen LogP contribution in [0.3, 0.4) is 0 Å². The first-order chi connectivity index (χ1) is 14.3. The Labute approximate surface area is 179 Å². The Morgan fingerprint density at radius 1 is 1.10 bits per heavy atom. The minimum absolute atomic E-state index is 0.175. The van der Waals surface area contributed by atoms with Crippen molar-refractivity contribution >= 4 is 15.9 Å². The highest BCUT2D eigenvalue weighted by Gasteiger charge is 2.27. The Hall–Kier alpha value is -2.38. The van der Waals surface area contributed by atoms with E-state index in [2.05, 4.69) is 5.32 Å². The Balaban J connectivity index is 1.77. The van der Waals surface area contributed by atoms with E-state index in [1.807, 2.05) is 45.0 Å². The summed E-state index contributed by atoms with van der Waals surface area (Å²) < 4.78 is 32.9. The van der Waals surface area contributed by atoms with E-state index in [-0.39, 0.29) is 16.8 Å². The van der Waals surface area contributed by atoms with Gasteiger partial charge in [-0.15, -0.1) is 0 Å². The molecule has 30 heavy (non-hydrogen) atoms. The maximum Gasteiger partial charge on any atom is 0.252 e. The summed E-state index contributed by atoms with van der Waals surface area (Å²) in [6.07, 6.45) is 2.80. The fraction of sp³-hybridized carbons (Fsp3) is 0.435. The van der Waals surface area contributed by atoms with Gasteiger partial charge in [-0.1, -0.05) is 24.6 Å². The highest BCUT2D eigenvalue weighted by molar-refractivity contribution is 7.89. The molecule has 2 aromatic rings. The van der Waals surface area contributed by atoms with E-state index in [0.717, 1.165) is 36.1 Å². The third-order valence-corrected chi connectivity index (χ3v) is 7.34. The van der Waals surface area contributed by atoms with Crippen LogP contribution < -0.4 is 10.1 Å². The molecule has 1 saturated heterocycles. The number of amides is 1. The second-order valence-corrected chi connectivity index (χ2v) is 9.58. The zero-order valence-corrected chi connectivity index (χ0v) is 18.7. The van der Waals surface area contributed by atoms with E-state index in [0.29, 0.717) is 25.3 Å². The van der Waals surface area contributed by atoms with Gasteiger partial charge in [0, 0.05) is 18.7 Å². The van der Waals surface area contributed by atoms with Crippen molar-refractivity contribution in [3.8, 4) is 5.75 Å². The van der Waals surface area contributed by atoms with Gasteiger partial charge >= 0.3 is 0 Å². The normalized spacial score (nSPS) is 16.1. The Kier molecular flexibility index (Phi) is 7.15. The molecule has 1 atom stereocenters. The fourth-order valence-electron chi connectivity index (χ4n) is 3.64. The number of carbonyl (C=O) groups is 1. The smallest absolute Gasteiger partial charge is 0.252 e. The lowest BCUT2D eigenvalue weighted by atomic mass is 10.1. The molecule has 1 amide bonds. The van der Waals surface area contributed by atoms with Crippen molar-refractivity contribution in [1.29, 1.82) is 0 Å². The number of hydrogen-bond acceptors (Lipinski definition) is 4. The third-order valence-electron chi connectivity index (χ3n) is 5.45. The number of nitrogens with one attached hydrogen (secondary N) is 1. The molecule has 6 nitrogen and oxygen atoms in total. The summed E-state index contributed by atoms with van der Waals surface area (Å²) in [5.41, 5.74) is 2.07. The maximum absolute atomic E-state index is 13.0. The van der Waals surface area contributed by atoms with Crippen LogP contribution in [0.15, 0.2) is 47.4 Å². The largest absolute Gasteiger partial charge is 0.494 e. The van der Waals surface area contributed by atoms with Gasteiger partial charge in [0.15, 0.2) is 0 Å². The summed E-state index contributed by atoms with van der Waals surface area (Å²) in [6.45, 7) is 7.31. The predicted molar refractivity (Wildman–Crippen MR) is 117 cm³/mol. The summed E-state index contributed by atoms with van der Waals surface area (Å²) in [4.78, 5) is 13.1. The van der Waals surface area contributed by atoms with Crippen LogP contribution >= 0.6 is 0 Å². The van der Waals surface area contributed by atoms with Crippen LogP contribution in [0.4, 0.5) is 0 Å². The SMILES string of the molecule is CCOc1ccc([C@H](C)NC(=O)c2cc(S(=O)(=O)N3CCCCC3)ccc2C)cc1. The molecular formula is C23H30N2O4S. The van der Waals surface area contributed by atoms with Gasteiger partial charge < -0.3 is 10.1 Å². The molecule has 3 rings (SSSR count). The summed E-state index contributed by atoms with van der Waals surface area (Å²) >= 11 is 0. The highest BCUT2D eigenvalue weighted by atomic mass is 32.2. The number of benzene rings is 2. The molecule has 1 N–H and O–H groups in total. The van der Waals surface area contributed by atoms with Gasteiger partial charge in [-0.3, -0.25) is 4.79 Å². The molecule has 0 spiro atoms. The van der Waals surface area contributed by atoms with Gasteiger partial charge in [0.2, 0.25) is 10.0 Å². The molecule has 0 unspecified atom stereocenters. The van der Waals surface area contributed by atoms with Crippen LogP contribution in [0.2, 0.25) is 0 Å². The lowest BCUT2D eigenvalue weighted by Crippen LogP contribution is -2.35. The molecule has 0 bridgehead atoms. The monoisotopic (exact) mass is 430 g/mol. The van der Waals surface area contributed by atoms with Crippen molar-refractivity contribution in [3.05, 3.63) is 59.2 Å². The van der Waals surface area contributed by atoms with Crippen molar-refractivity contribution in [1.82, 2.24) is 9.62 Å². The van der Waals surface area contributed by atoms with E-state index < -0.39 is 10.0 Å². The number of sulfonamides is 1. The zero-order chi connectivity index (χ0) is 21.7. The molecule has 0 saturated carbocycles. The maximum atomic E-state index is 13.0. The zero-order valence-electron chi connectivity index (χ0n) is 17.8. The second kappa shape index (κ2) is 9.62. The minimum atomic E-state index is -3.59. The number of carbonyl (C=O) groups excluding carboxylic acids is 1. The average Bonchev–Trinajstić information content (AvgIpc) is 2.75. The predicted octanol–water partition coefficient (Wildman–Crippen LogP) is 4.06. The summed E-state index contributed by atoms with van der Waals surface area (Å²) in [6, 6.07) is 12.1. The molecule has 7 heteroatoms. The van der Waals surface area contributed by atoms with Crippen molar-refractivity contribution < 1.29 is 17.9 Å². The molecule has 1 heterocycles. The summed E-state index contributed by atoms with van der Waals surface area (Å²) in [7, 11) is -3.59. The minimum Gasteiger partial charge on any atom is -0.494 e. The molecule has 2 aromatic carbocycles. The average molecular weight is 431 g/mol. The number of aryl methyl sites for hydroxylation is 1. The first-order valence-electron chi connectivity index (χ1n) is 10.5. The Morgan fingerprint density at radius 2 is 1.77 bits per heavy atom. The summed E-state index contributed by atoms with van der Waals surface area (Å²) in [5.74, 6) is 0.496. The van der Waals surface area contributed by atoms with Crippen LogP contribution in [0.5, 0.6) is 5.75 Å². The van der Waals surface area contributed by atoms with Gasteiger partial charge in [0.25, 0.3) is 5.91 Å². The van der Waals surface area contributed by atoms with E-state index in [9.17, 15) is 13.2 Å². The van der Waals surface area contributed by atoms with Crippen molar-refractivity contribution in [2.75, 3.05) is 19.7 Å². The van der Waals surface area contributed by atoms with Crippen molar-refractivity contribution in [2.45, 2.75) is 51.0 Å². The molecule has 162 valence electrons. The molecule has 1 aliphatic rings. The molecular weight excluding hydrogens is 400 g/mol. The Morgan fingerprint density at radius 3 is 2.40 bits per heavy atom. The van der Waals surface area contributed by atoms with Crippen molar-refractivity contribution in [2.24, 2.45) is 0 Å². The van der Waals surface area contributed by atoms with Crippen LogP contribution in [0, 0.1) is 6.92 Å². The number of rotatable bonds is 7. The third kappa shape index (κ3) is 5.02. The molecule has 0 aromatic heterocycles. The lowest BCUT2D eigenvalue weighted by molar-refractivity contribution is 0.0939. The van der Waals surface area contributed by atoms with Crippen LogP contribution in [0.1, 0.15) is 60.6 Å². The standard InChI is InChI=1S/C23H30N2O4S/c1-4-29-20-11-9-19(10-12-20)18(3)24-23(26)22-16-21(13-8-17(22)2)30(27,28)25-14-6-5-7-15-25/h8-13,16,18H,4-7,14-15H2,1-3H3,(H,24,26)/t18-/m0/s1. The van der Waals surface area contributed by atoms with E-state index in [4.69, 9.17) is 4.74 Å².